The fourth-order valence-corrected chi connectivity index (χ4v) is 1.56. The first kappa shape index (κ1) is 12.0. The minimum absolute atomic E-state index is 0.00907. The molecule has 2 N–H and O–H groups in total. The van der Waals surface area contributed by atoms with Crippen molar-refractivity contribution in [2.24, 2.45) is 0 Å². The van der Waals surface area contributed by atoms with Crippen molar-refractivity contribution in [3.63, 3.8) is 0 Å². The van der Waals surface area contributed by atoms with Crippen LogP contribution in [0.5, 0.6) is 5.75 Å². The van der Waals surface area contributed by atoms with Crippen LogP contribution < -0.4 is 0 Å². The van der Waals surface area contributed by atoms with Crippen LogP contribution in [0.2, 0.25) is 0 Å². The number of rotatable bonds is 2. The van der Waals surface area contributed by atoms with E-state index in [0.717, 1.165) is 30.3 Å². The van der Waals surface area contributed by atoms with Crippen molar-refractivity contribution >= 4 is 5.97 Å². The summed E-state index contributed by atoms with van der Waals surface area (Å²) in [6, 6.07) is 6.56. The highest BCUT2D eigenvalue weighted by molar-refractivity contribution is 5.89. The Balaban J connectivity index is 2.58. The number of carboxylic acid groups (broad SMARTS) is 1. The average Bonchev–Trinajstić information content (AvgIpc) is 2.33. The van der Waals surface area contributed by atoms with Gasteiger partial charge in [-0.1, -0.05) is 6.07 Å². The smallest absolute Gasteiger partial charge is 0.335 e. The van der Waals surface area contributed by atoms with Crippen LogP contribution in [0.25, 0.3) is 11.1 Å². The molecule has 0 radical (unpaired) electrons. The lowest BCUT2D eigenvalue weighted by atomic mass is 10.0. The SMILES string of the molecule is O=C(O)c1ccc(F)c(-c2ccc(F)c(O)c2)c1. The Kier molecular flexibility index (Phi) is 2.97. The van der Waals surface area contributed by atoms with E-state index >= 15 is 0 Å². The third-order valence-corrected chi connectivity index (χ3v) is 2.47. The molecule has 18 heavy (non-hydrogen) atoms. The topological polar surface area (TPSA) is 57.5 Å². The summed E-state index contributed by atoms with van der Waals surface area (Å²) >= 11 is 0. The normalized spacial score (nSPS) is 10.3. The quantitative estimate of drug-likeness (QED) is 0.861. The lowest BCUT2D eigenvalue weighted by Gasteiger charge is -2.06. The summed E-state index contributed by atoms with van der Waals surface area (Å²) in [6.07, 6.45) is 0. The van der Waals surface area contributed by atoms with E-state index in [1.807, 2.05) is 0 Å². The van der Waals surface area contributed by atoms with E-state index in [1.165, 1.54) is 6.07 Å². The van der Waals surface area contributed by atoms with Crippen molar-refractivity contribution < 1.29 is 23.8 Å². The van der Waals surface area contributed by atoms with Crippen molar-refractivity contribution in [3.8, 4) is 16.9 Å². The standard InChI is InChI=1S/C13H8F2O3/c14-10-3-2-8(13(17)18)5-9(10)7-1-4-11(15)12(16)6-7/h1-6,16H,(H,17,18). The van der Waals surface area contributed by atoms with Gasteiger partial charge in [0.05, 0.1) is 5.56 Å². The molecule has 92 valence electrons. The maximum absolute atomic E-state index is 13.6. The molecular weight excluding hydrogens is 242 g/mol. The van der Waals surface area contributed by atoms with Crippen LogP contribution >= 0.6 is 0 Å². The van der Waals surface area contributed by atoms with Crippen molar-refractivity contribution in [2.75, 3.05) is 0 Å². The molecule has 5 heteroatoms. The molecule has 2 aromatic rings. The van der Waals surface area contributed by atoms with Gasteiger partial charge in [-0.3, -0.25) is 0 Å². The summed E-state index contributed by atoms with van der Waals surface area (Å²) in [7, 11) is 0. The van der Waals surface area contributed by atoms with Crippen molar-refractivity contribution in [1.29, 1.82) is 0 Å². The number of halogens is 2. The van der Waals surface area contributed by atoms with Gasteiger partial charge in [-0.25, -0.2) is 13.6 Å². The molecular formula is C13H8F2O3. The van der Waals surface area contributed by atoms with Crippen LogP contribution in [0.4, 0.5) is 8.78 Å². The summed E-state index contributed by atoms with van der Waals surface area (Å²) < 4.78 is 26.5. The average molecular weight is 250 g/mol. The van der Waals surface area contributed by atoms with Gasteiger partial charge in [0.2, 0.25) is 0 Å². The van der Waals surface area contributed by atoms with Gasteiger partial charge in [0.1, 0.15) is 5.82 Å². The Morgan fingerprint density at radius 2 is 1.67 bits per heavy atom. The molecule has 0 spiro atoms. The highest BCUT2D eigenvalue weighted by Gasteiger charge is 2.11. The number of hydrogen-bond donors (Lipinski definition) is 2. The van der Waals surface area contributed by atoms with E-state index in [4.69, 9.17) is 5.11 Å². The van der Waals surface area contributed by atoms with Crippen LogP contribution in [0, 0.1) is 11.6 Å². The number of aromatic hydroxyl groups is 1. The van der Waals surface area contributed by atoms with E-state index in [1.54, 1.807) is 0 Å². The number of carboxylic acids is 1. The second-order valence-corrected chi connectivity index (χ2v) is 3.67. The molecule has 0 saturated carbocycles. The van der Waals surface area contributed by atoms with E-state index in [-0.39, 0.29) is 16.7 Å². The monoisotopic (exact) mass is 250 g/mol. The molecule has 0 saturated heterocycles. The first-order valence-corrected chi connectivity index (χ1v) is 5.01. The Morgan fingerprint density at radius 3 is 2.28 bits per heavy atom. The summed E-state index contributed by atoms with van der Waals surface area (Å²) in [6.45, 7) is 0. The van der Waals surface area contributed by atoms with E-state index in [0.29, 0.717) is 0 Å². The Morgan fingerprint density at radius 1 is 1.00 bits per heavy atom. The van der Waals surface area contributed by atoms with Gasteiger partial charge in [-0.05, 0) is 35.9 Å². The molecule has 0 atom stereocenters. The molecule has 0 aliphatic carbocycles. The van der Waals surface area contributed by atoms with Gasteiger partial charge < -0.3 is 10.2 Å². The zero-order valence-electron chi connectivity index (χ0n) is 9.02. The molecule has 0 aliphatic rings. The minimum atomic E-state index is -1.19. The molecule has 0 aromatic heterocycles. The zero-order chi connectivity index (χ0) is 13.3. The van der Waals surface area contributed by atoms with E-state index in [9.17, 15) is 18.7 Å². The second-order valence-electron chi connectivity index (χ2n) is 3.67. The fraction of sp³-hybridized carbons (Fsp3) is 0. The Hall–Kier alpha value is -2.43. The van der Waals surface area contributed by atoms with Gasteiger partial charge >= 0.3 is 5.97 Å². The first-order chi connectivity index (χ1) is 8.49. The summed E-state index contributed by atoms with van der Waals surface area (Å²) in [5.74, 6) is -3.28. The van der Waals surface area contributed by atoms with Gasteiger partial charge in [-0.2, -0.15) is 0 Å². The van der Waals surface area contributed by atoms with Crippen LogP contribution in [0.15, 0.2) is 36.4 Å². The number of phenolic OH excluding ortho intramolecular Hbond substituents is 1. The van der Waals surface area contributed by atoms with E-state index in [2.05, 4.69) is 0 Å². The van der Waals surface area contributed by atoms with Crippen molar-refractivity contribution in [3.05, 3.63) is 53.6 Å². The maximum Gasteiger partial charge on any atom is 0.335 e. The molecule has 2 aromatic carbocycles. The van der Waals surface area contributed by atoms with E-state index < -0.39 is 23.4 Å². The number of aromatic carboxylic acids is 1. The molecule has 3 nitrogen and oxygen atoms in total. The molecule has 0 bridgehead atoms. The lowest BCUT2D eigenvalue weighted by Crippen LogP contribution is -1.97. The summed E-state index contributed by atoms with van der Waals surface area (Å²) in [4.78, 5) is 10.8. The van der Waals surface area contributed by atoms with Gasteiger partial charge in [0, 0.05) is 5.56 Å². The first-order valence-electron chi connectivity index (χ1n) is 5.01. The third kappa shape index (κ3) is 2.15. The minimum Gasteiger partial charge on any atom is -0.505 e. The van der Waals surface area contributed by atoms with Gasteiger partial charge in [0.15, 0.2) is 11.6 Å². The van der Waals surface area contributed by atoms with Crippen LogP contribution in [-0.4, -0.2) is 16.2 Å². The van der Waals surface area contributed by atoms with Crippen LogP contribution in [0.3, 0.4) is 0 Å². The largest absolute Gasteiger partial charge is 0.505 e. The summed E-state index contributed by atoms with van der Waals surface area (Å²) in [5.41, 5.74) is 0.106. The molecule has 0 amide bonds. The Labute approximate surface area is 101 Å². The molecule has 0 heterocycles. The Bertz CT molecular complexity index is 624. The molecule has 2 rings (SSSR count). The van der Waals surface area contributed by atoms with Crippen molar-refractivity contribution in [1.82, 2.24) is 0 Å². The molecule has 0 aliphatic heterocycles. The maximum atomic E-state index is 13.6. The summed E-state index contributed by atoms with van der Waals surface area (Å²) in [5, 5.41) is 18.0. The lowest BCUT2D eigenvalue weighted by molar-refractivity contribution is 0.0697. The molecule has 0 fully saturated rings. The van der Waals surface area contributed by atoms with Crippen molar-refractivity contribution in [2.45, 2.75) is 0 Å². The molecule has 0 unspecified atom stereocenters. The predicted molar refractivity (Wildman–Crippen MR) is 60.4 cm³/mol. The second kappa shape index (κ2) is 4.44. The van der Waals surface area contributed by atoms with Crippen LogP contribution in [0.1, 0.15) is 10.4 Å². The number of hydrogen-bond acceptors (Lipinski definition) is 2. The number of phenols is 1. The number of carbonyl (C=O) groups is 1. The van der Waals surface area contributed by atoms with Crippen LogP contribution in [-0.2, 0) is 0 Å². The highest BCUT2D eigenvalue weighted by Crippen LogP contribution is 2.28. The zero-order valence-corrected chi connectivity index (χ0v) is 9.02. The number of benzene rings is 2. The third-order valence-electron chi connectivity index (χ3n) is 2.47. The van der Waals surface area contributed by atoms with Gasteiger partial charge in [-0.15, -0.1) is 0 Å². The fourth-order valence-electron chi connectivity index (χ4n) is 1.56. The highest BCUT2D eigenvalue weighted by atomic mass is 19.1. The predicted octanol–water partition coefficient (Wildman–Crippen LogP) is 3.04. The van der Waals surface area contributed by atoms with Gasteiger partial charge in [0.25, 0.3) is 0 Å².